The van der Waals surface area contributed by atoms with E-state index in [0.29, 0.717) is 6.42 Å². The Kier molecular flexibility index (Phi) is 3.42. The minimum Gasteiger partial charge on any atom is -0.321 e. The molecule has 2 aromatic heterocycles. The molecule has 4 nitrogen and oxygen atoms in total. The first kappa shape index (κ1) is 13.5. The second kappa shape index (κ2) is 5.57. The third-order valence-electron chi connectivity index (χ3n) is 4.25. The number of aromatic nitrogens is 2. The molecule has 112 valence electrons. The Morgan fingerprint density at radius 2 is 2.18 bits per heavy atom. The maximum Gasteiger partial charge on any atom is 0.229 e. The molecule has 0 spiro atoms. The van der Waals surface area contributed by atoms with E-state index < -0.39 is 0 Å². The van der Waals surface area contributed by atoms with Crippen molar-refractivity contribution in [3.8, 4) is 0 Å². The molecule has 0 unspecified atom stereocenters. The second-order valence-corrected chi connectivity index (χ2v) is 6.64. The number of thiophene rings is 1. The fourth-order valence-corrected chi connectivity index (χ4v) is 3.90. The molecule has 0 saturated carbocycles. The van der Waals surface area contributed by atoms with Gasteiger partial charge in [0, 0.05) is 11.4 Å². The van der Waals surface area contributed by atoms with Gasteiger partial charge in [0.05, 0.1) is 23.8 Å². The van der Waals surface area contributed by atoms with Crippen LogP contribution in [0.15, 0.2) is 48.1 Å². The number of imidazole rings is 1. The van der Waals surface area contributed by atoms with Gasteiger partial charge in [-0.05, 0) is 36.4 Å². The quantitative estimate of drug-likeness (QED) is 0.743. The largest absolute Gasteiger partial charge is 0.321 e. The summed E-state index contributed by atoms with van der Waals surface area (Å²) >= 11 is 1.64. The van der Waals surface area contributed by atoms with Gasteiger partial charge in [0.1, 0.15) is 6.17 Å². The highest BCUT2D eigenvalue weighted by Gasteiger charge is 2.30. The molecule has 1 aliphatic rings. The van der Waals surface area contributed by atoms with Crippen molar-refractivity contribution in [2.45, 2.75) is 25.4 Å². The van der Waals surface area contributed by atoms with E-state index in [2.05, 4.69) is 15.6 Å². The molecule has 5 heteroatoms. The lowest BCUT2D eigenvalue weighted by atomic mass is 10.2. The van der Waals surface area contributed by atoms with Gasteiger partial charge < -0.3 is 9.47 Å². The molecule has 22 heavy (non-hydrogen) atoms. The lowest BCUT2D eigenvalue weighted by molar-refractivity contribution is -0.132. The Labute approximate surface area is 133 Å². The fourth-order valence-electron chi connectivity index (χ4n) is 3.21. The van der Waals surface area contributed by atoms with E-state index in [-0.39, 0.29) is 12.1 Å². The molecular formula is C17H17N3OS. The highest BCUT2D eigenvalue weighted by Crippen LogP contribution is 2.30. The predicted octanol–water partition coefficient (Wildman–Crippen LogP) is 3.46. The highest BCUT2D eigenvalue weighted by molar-refractivity contribution is 7.10. The van der Waals surface area contributed by atoms with Crippen LogP contribution in [0.4, 0.5) is 0 Å². The Balaban J connectivity index is 1.62. The van der Waals surface area contributed by atoms with Crippen molar-refractivity contribution >= 4 is 28.3 Å². The van der Waals surface area contributed by atoms with E-state index in [4.69, 9.17) is 0 Å². The third kappa shape index (κ3) is 2.31. The van der Waals surface area contributed by atoms with Crippen LogP contribution >= 0.6 is 11.3 Å². The molecule has 0 bridgehead atoms. The number of likely N-dealkylation sites (tertiary alicyclic amines) is 1. The summed E-state index contributed by atoms with van der Waals surface area (Å²) in [5.74, 6) is 0.211. The molecule has 1 fully saturated rings. The molecule has 1 atom stereocenters. The van der Waals surface area contributed by atoms with Crippen molar-refractivity contribution in [2.24, 2.45) is 0 Å². The summed E-state index contributed by atoms with van der Waals surface area (Å²) in [7, 11) is 0. The number of fused-ring (bicyclic) bond motifs is 1. The van der Waals surface area contributed by atoms with Gasteiger partial charge in [-0.2, -0.15) is 0 Å². The zero-order valence-corrected chi connectivity index (χ0v) is 13.0. The number of carbonyl (C=O) groups is 1. The van der Waals surface area contributed by atoms with Crippen LogP contribution in [-0.2, 0) is 11.2 Å². The van der Waals surface area contributed by atoms with Gasteiger partial charge in [-0.15, -0.1) is 11.3 Å². The smallest absolute Gasteiger partial charge is 0.229 e. The topological polar surface area (TPSA) is 38.1 Å². The molecule has 1 amide bonds. The van der Waals surface area contributed by atoms with Crippen molar-refractivity contribution in [1.29, 1.82) is 0 Å². The van der Waals surface area contributed by atoms with E-state index in [9.17, 15) is 4.79 Å². The first-order valence-corrected chi connectivity index (χ1v) is 8.44. The van der Waals surface area contributed by atoms with E-state index in [0.717, 1.165) is 35.3 Å². The molecule has 3 heterocycles. The van der Waals surface area contributed by atoms with Crippen LogP contribution in [0.25, 0.3) is 11.0 Å². The van der Waals surface area contributed by atoms with Crippen LogP contribution in [-0.4, -0.2) is 26.9 Å². The lowest BCUT2D eigenvalue weighted by Gasteiger charge is -2.26. The summed E-state index contributed by atoms with van der Waals surface area (Å²) in [5.41, 5.74) is 2.09. The van der Waals surface area contributed by atoms with Crippen LogP contribution < -0.4 is 0 Å². The van der Waals surface area contributed by atoms with Crippen molar-refractivity contribution in [3.05, 3.63) is 53.0 Å². The zero-order valence-electron chi connectivity index (χ0n) is 12.2. The van der Waals surface area contributed by atoms with Gasteiger partial charge in [0.2, 0.25) is 5.91 Å². The maximum absolute atomic E-state index is 12.7. The van der Waals surface area contributed by atoms with Crippen molar-refractivity contribution in [3.63, 3.8) is 0 Å². The first-order chi connectivity index (χ1) is 10.8. The Hall–Kier alpha value is -2.14. The number of rotatable bonds is 3. The first-order valence-electron chi connectivity index (χ1n) is 7.56. The standard InChI is InChI=1S/C17H17N3OS/c21-17(11-13-5-4-10-22-13)19-9-3-8-16(19)20-12-18-14-6-1-2-7-15(14)20/h1-2,4-7,10,12,16H,3,8-9,11H2/t16-/m1/s1. The molecular weight excluding hydrogens is 294 g/mol. The summed E-state index contributed by atoms with van der Waals surface area (Å²) in [4.78, 5) is 20.3. The molecule has 0 aliphatic carbocycles. The Morgan fingerprint density at radius 3 is 3.05 bits per heavy atom. The van der Waals surface area contributed by atoms with Crippen molar-refractivity contribution in [1.82, 2.24) is 14.5 Å². The summed E-state index contributed by atoms with van der Waals surface area (Å²) < 4.78 is 2.15. The minimum absolute atomic E-state index is 0.0971. The normalized spacial score (nSPS) is 18.2. The maximum atomic E-state index is 12.7. The average molecular weight is 311 g/mol. The lowest BCUT2D eigenvalue weighted by Crippen LogP contribution is -2.34. The molecule has 4 rings (SSSR count). The van der Waals surface area contributed by atoms with Crippen LogP contribution in [0.1, 0.15) is 23.9 Å². The molecule has 0 radical (unpaired) electrons. The number of benzene rings is 1. The van der Waals surface area contributed by atoms with Gasteiger partial charge in [0.25, 0.3) is 0 Å². The monoisotopic (exact) mass is 311 g/mol. The number of nitrogens with zero attached hydrogens (tertiary/aromatic N) is 3. The van der Waals surface area contributed by atoms with Gasteiger partial charge in [-0.25, -0.2) is 4.98 Å². The molecule has 1 aliphatic heterocycles. The number of amides is 1. The van der Waals surface area contributed by atoms with Crippen LogP contribution in [0.2, 0.25) is 0 Å². The zero-order chi connectivity index (χ0) is 14.9. The Morgan fingerprint density at radius 1 is 1.27 bits per heavy atom. The SMILES string of the molecule is O=C(Cc1cccs1)N1CCC[C@H]1n1cnc2ccccc21. The average Bonchev–Trinajstić information content (AvgIpc) is 3.26. The third-order valence-corrected chi connectivity index (χ3v) is 5.13. The minimum atomic E-state index is 0.0971. The van der Waals surface area contributed by atoms with Gasteiger partial charge in [0.15, 0.2) is 0 Å². The number of para-hydroxylation sites is 2. The van der Waals surface area contributed by atoms with Crippen LogP contribution in [0, 0.1) is 0 Å². The summed E-state index contributed by atoms with van der Waals surface area (Å²) in [6.07, 6.45) is 4.51. The van der Waals surface area contributed by atoms with Gasteiger partial charge in [-0.3, -0.25) is 4.79 Å². The van der Waals surface area contributed by atoms with Crippen molar-refractivity contribution in [2.75, 3.05) is 6.54 Å². The number of carbonyl (C=O) groups excluding carboxylic acids is 1. The van der Waals surface area contributed by atoms with E-state index in [1.54, 1.807) is 11.3 Å². The molecule has 1 aromatic carbocycles. The van der Waals surface area contributed by atoms with Gasteiger partial charge >= 0.3 is 0 Å². The Bertz CT molecular complexity index is 793. The van der Waals surface area contributed by atoms with E-state index in [1.165, 1.54) is 0 Å². The number of hydrogen-bond donors (Lipinski definition) is 0. The summed E-state index contributed by atoms with van der Waals surface area (Å²) in [6.45, 7) is 0.835. The van der Waals surface area contributed by atoms with Crippen LogP contribution in [0.3, 0.4) is 0 Å². The fraction of sp³-hybridized carbons (Fsp3) is 0.294. The molecule has 0 N–H and O–H groups in total. The van der Waals surface area contributed by atoms with E-state index in [1.807, 2.05) is 46.9 Å². The predicted molar refractivity (Wildman–Crippen MR) is 87.7 cm³/mol. The summed E-state index contributed by atoms with van der Waals surface area (Å²) in [6, 6.07) is 12.1. The highest BCUT2D eigenvalue weighted by atomic mass is 32.1. The van der Waals surface area contributed by atoms with Gasteiger partial charge in [-0.1, -0.05) is 18.2 Å². The van der Waals surface area contributed by atoms with E-state index >= 15 is 0 Å². The molecule has 1 saturated heterocycles. The van der Waals surface area contributed by atoms with Crippen LogP contribution in [0.5, 0.6) is 0 Å². The number of hydrogen-bond acceptors (Lipinski definition) is 3. The van der Waals surface area contributed by atoms with Crippen molar-refractivity contribution < 1.29 is 4.79 Å². The summed E-state index contributed by atoms with van der Waals surface area (Å²) in [5, 5.41) is 2.02. The molecule has 3 aromatic rings. The second-order valence-electron chi connectivity index (χ2n) is 5.61.